The highest BCUT2D eigenvalue weighted by Gasteiger charge is 2.12. The standard InChI is InChI=1S/C14H19NO4/c1-5-10(9-13(16)19-6-2)11-7-8-12(17-3)15-14(11)18-4/h7-9H,5-6H2,1-4H3. The Labute approximate surface area is 113 Å². The summed E-state index contributed by atoms with van der Waals surface area (Å²) in [6.07, 6.45) is 2.14. The van der Waals surface area contributed by atoms with Crippen molar-refractivity contribution >= 4 is 11.5 Å². The van der Waals surface area contributed by atoms with Crippen LogP contribution in [0, 0.1) is 0 Å². The number of pyridine rings is 1. The van der Waals surface area contributed by atoms with Gasteiger partial charge in [-0.25, -0.2) is 4.79 Å². The molecular weight excluding hydrogens is 246 g/mol. The number of hydrogen-bond acceptors (Lipinski definition) is 5. The summed E-state index contributed by atoms with van der Waals surface area (Å²) < 4.78 is 15.2. The van der Waals surface area contributed by atoms with E-state index in [1.54, 1.807) is 13.0 Å². The summed E-state index contributed by atoms with van der Waals surface area (Å²) in [5.41, 5.74) is 1.57. The van der Waals surface area contributed by atoms with Gasteiger partial charge in [-0.2, -0.15) is 4.98 Å². The first-order valence-corrected chi connectivity index (χ1v) is 6.12. The van der Waals surface area contributed by atoms with Crippen molar-refractivity contribution in [3.8, 4) is 11.8 Å². The number of hydrogen-bond donors (Lipinski definition) is 0. The van der Waals surface area contributed by atoms with Crippen molar-refractivity contribution in [2.45, 2.75) is 20.3 Å². The highest BCUT2D eigenvalue weighted by Crippen LogP contribution is 2.28. The Morgan fingerprint density at radius 1 is 1.26 bits per heavy atom. The second-order valence-electron chi connectivity index (χ2n) is 3.69. The van der Waals surface area contributed by atoms with E-state index in [1.807, 2.05) is 13.0 Å². The lowest BCUT2D eigenvalue weighted by Crippen LogP contribution is -2.02. The van der Waals surface area contributed by atoms with Gasteiger partial charge < -0.3 is 14.2 Å². The molecule has 0 aliphatic rings. The number of methoxy groups -OCH3 is 2. The Morgan fingerprint density at radius 2 is 2.00 bits per heavy atom. The van der Waals surface area contributed by atoms with Crippen molar-refractivity contribution in [1.82, 2.24) is 4.98 Å². The molecule has 5 nitrogen and oxygen atoms in total. The molecule has 0 saturated carbocycles. The van der Waals surface area contributed by atoms with Crippen molar-refractivity contribution in [3.63, 3.8) is 0 Å². The molecule has 19 heavy (non-hydrogen) atoms. The van der Waals surface area contributed by atoms with Gasteiger partial charge in [-0.3, -0.25) is 0 Å². The maximum Gasteiger partial charge on any atom is 0.331 e. The third kappa shape index (κ3) is 3.98. The number of aromatic nitrogens is 1. The molecule has 104 valence electrons. The molecule has 0 saturated heterocycles. The molecule has 0 aliphatic carbocycles. The molecule has 1 heterocycles. The molecule has 0 aliphatic heterocycles. The van der Waals surface area contributed by atoms with Gasteiger partial charge in [0.25, 0.3) is 0 Å². The van der Waals surface area contributed by atoms with Crippen LogP contribution in [0.1, 0.15) is 25.8 Å². The largest absolute Gasteiger partial charge is 0.481 e. The number of nitrogens with zero attached hydrogens (tertiary/aromatic N) is 1. The van der Waals surface area contributed by atoms with Gasteiger partial charge in [0.1, 0.15) is 0 Å². The van der Waals surface area contributed by atoms with Crippen LogP contribution in [-0.4, -0.2) is 31.8 Å². The van der Waals surface area contributed by atoms with E-state index in [1.165, 1.54) is 20.3 Å². The van der Waals surface area contributed by atoms with E-state index in [9.17, 15) is 4.79 Å². The SMILES string of the molecule is CCOC(=O)C=C(CC)c1ccc(OC)nc1OC. The van der Waals surface area contributed by atoms with Crippen molar-refractivity contribution in [2.75, 3.05) is 20.8 Å². The summed E-state index contributed by atoms with van der Waals surface area (Å²) in [5.74, 6) is 0.529. The maximum atomic E-state index is 11.5. The molecule has 1 aromatic heterocycles. The molecule has 0 fully saturated rings. The molecule has 0 radical (unpaired) electrons. The van der Waals surface area contributed by atoms with Crippen LogP contribution < -0.4 is 9.47 Å². The van der Waals surface area contributed by atoms with E-state index >= 15 is 0 Å². The van der Waals surface area contributed by atoms with E-state index < -0.39 is 0 Å². The molecule has 5 heteroatoms. The van der Waals surface area contributed by atoms with Gasteiger partial charge in [0.05, 0.1) is 20.8 Å². The molecule has 0 aromatic carbocycles. The third-order valence-electron chi connectivity index (χ3n) is 2.54. The van der Waals surface area contributed by atoms with E-state index in [0.29, 0.717) is 24.8 Å². The lowest BCUT2D eigenvalue weighted by molar-refractivity contribution is -0.137. The van der Waals surface area contributed by atoms with Crippen LogP contribution >= 0.6 is 0 Å². The van der Waals surface area contributed by atoms with Crippen molar-refractivity contribution in [2.24, 2.45) is 0 Å². The summed E-state index contributed by atoms with van der Waals surface area (Å²) >= 11 is 0. The number of allylic oxidation sites excluding steroid dienone is 1. The summed E-state index contributed by atoms with van der Waals surface area (Å²) in [6, 6.07) is 3.55. The number of rotatable bonds is 6. The molecule has 1 aromatic rings. The average molecular weight is 265 g/mol. The molecule has 0 atom stereocenters. The number of carbonyl (C=O) groups excluding carboxylic acids is 1. The Bertz CT molecular complexity index is 469. The van der Waals surface area contributed by atoms with Gasteiger partial charge in [0.15, 0.2) is 0 Å². The fourth-order valence-corrected chi connectivity index (χ4v) is 1.63. The molecular formula is C14H19NO4. The Kier molecular flexibility index (Phi) is 5.85. The van der Waals surface area contributed by atoms with E-state index in [-0.39, 0.29) is 5.97 Å². The minimum atomic E-state index is -0.364. The minimum absolute atomic E-state index is 0.352. The van der Waals surface area contributed by atoms with Gasteiger partial charge in [-0.1, -0.05) is 6.92 Å². The highest BCUT2D eigenvalue weighted by molar-refractivity contribution is 5.92. The molecule has 0 bridgehead atoms. The van der Waals surface area contributed by atoms with Crippen LogP contribution in [0.5, 0.6) is 11.8 Å². The van der Waals surface area contributed by atoms with E-state index in [2.05, 4.69) is 4.98 Å². The zero-order chi connectivity index (χ0) is 14.3. The maximum absolute atomic E-state index is 11.5. The minimum Gasteiger partial charge on any atom is -0.481 e. The second kappa shape index (κ2) is 7.41. The number of esters is 1. The fourth-order valence-electron chi connectivity index (χ4n) is 1.63. The summed E-state index contributed by atoms with van der Waals surface area (Å²) in [7, 11) is 3.07. The molecule has 0 spiro atoms. The average Bonchev–Trinajstić information content (AvgIpc) is 2.44. The topological polar surface area (TPSA) is 57.7 Å². The van der Waals surface area contributed by atoms with Crippen LogP contribution in [0.3, 0.4) is 0 Å². The molecule has 1 rings (SSSR count). The second-order valence-corrected chi connectivity index (χ2v) is 3.69. The Balaban J connectivity index is 3.14. The molecule has 0 amide bonds. The number of ether oxygens (including phenoxy) is 3. The fraction of sp³-hybridized carbons (Fsp3) is 0.429. The first kappa shape index (κ1) is 15.0. The predicted molar refractivity (Wildman–Crippen MR) is 72.2 cm³/mol. The first-order valence-electron chi connectivity index (χ1n) is 6.12. The van der Waals surface area contributed by atoms with Crippen LogP contribution in [0.25, 0.3) is 5.57 Å². The number of carbonyl (C=O) groups is 1. The summed E-state index contributed by atoms with van der Waals surface area (Å²) in [4.78, 5) is 15.7. The third-order valence-corrected chi connectivity index (χ3v) is 2.54. The van der Waals surface area contributed by atoms with Gasteiger partial charge in [-0.15, -0.1) is 0 Å². The van der Waals surface area contributed by atoms with Gasteiger partial charge in [0, 0.05) is 17.7 Å². The zero-order valence-corrected chi connectivity index (χ0v) is 11.7. The molecule has 0 N–H and O–H groups in total. The molecule has 0 unspecified atom stereocenters. The van der Waals surface area contributed by atoms with Crippen molar-refractivity contribution in [1.29, 1.82) is 0 Å². The Hall–Kier alpha value is -2.04. The monoisotopic (exact) mass is 265 g/mol. The smallest absolute Gasteiger partial charge is 0.331 e. The van der Waals surface area contributed by atoms with Gasteiger partial charge in [-0.05, 0) is 25.0 Å². The van der Waals surface area contributed by atoms with Crippen LogP contribution in [0.2, 0.25) is 0 Å². The van der Waals surface area contributed by atoms with Crippen LogP contribution in [-0.2, 0) is 9.53 Å². The van der Waals surface area contributed by atoms with Crippen molar-refractivity contribution < 1.29 is 19.0 Å². The van der Waals surface area contributed by atoms with Gasteiger partial charge >= 0.3 is 5.97 Å². The van der Waals surface area contributed by atoms with E-state index in [0.717, 1.165) is 11.1 Å². The highest BCUT2D eigenvalue weighted by atomic mass is 16.5. The van der Waals surface area contributed by atoms with E-state index in [4.69, 9.17) is 14.2 Å². The summed E-state index contributed by atoms with van der Waals surface area (Å²) in [6.45, 7) is 4.08. The quantitative estimate of drug-likeness (QED) is 0.584. The normalized spacial score (nSPS) is 11.1. The van der Waals surface area contributed by atoms with Crippen molar-refractivity contribution in [3.05, 3.63) is 23.8 Å². The zero-order valence-electron chi connectivity index (χ0n) is 11.7. The lowest BCUT2D eigenvalue weighted by atomic mass is 10.0. The predicted octanol–water partition coefficient (Wildman–Crippen LogP) is 2.46. The van der Waals surface area contributed by atoms with Crippen LogP contribution in [0.4, 0.5) is 0 Å². The Morgan fingerprint density at radius 3 is 2.53 bits per heavy atom. The van der Waals surface area contributed by atoms with Crippen LogP contribution in [0.15, 0.2) is 18.2 Å². The first-order chi connectivity index (χ1) is 9.15. The lowest BCUT2D eigenvalue weighted by Gasteiger charge is -2.11. The summed E-state index contributed by atoms with van der Waals surface area (Å²) in [5, 5.41) is 0. The van der Waals surface area contributed by atoms with Gasteiger partial charge in [0.2, 0.25) is 11.8 Å².